The summed E-state index contributed by atoms with van der Waals surface area (Å²) in [5.41, 5.74) is 4.35. The number of aromatic nitrogens is 3. The van der Waals surface area contributed by atoms with Gasteiger partial charge in [-0.05, 0) is 44.0 Å². The van der Waals surface area contributed by atoms with Gasteiger partial charge in [-0.2, -0.15) is 0 Å². The third-order valence-corrected chi connectivity index (χ3v) is 5.25. The Balaban J connectivity index is 2.12. The quantitative estimate of drug-likeness (QED) is 0.499. The van der Waals surface area contributed by atoms with Crippen molar-refractivity contribution in [1.29, 1.82) is 0 Å². The zero-order chi connectivity index (χ0) is 18.7. The molecule has 0 spiro atoms. The van der Waals surface area contributed by atoms with Crippen LogP contribution in [0.4, 0.5) is 0 Å². The summed E-state index contributed by atoms with van der Waals surface area (Å²) in [6.45, 7) is 5.96. The number of hydrogen-bond acceptors (Lipinski definition) is 5. The van der Waals surface area contributed by atoms with Crippen molar-refractivity contribution in [2.45, 2.75) is 31.2 Å². The van der Waals surface area contributed by atoms with Gasteiger partial charge >= 0.3 is 5.97 Å². The average Bonchev–Trinajstić information content (AvgIpc) is 3.07. The van der Waals surface area contributed by atoms with Crippen LogP contribution < -0.4 is 0 Å². The summed E-state index contributed by atoms with van der Waals surface area (Å²) in [6.07, 6.45) is 0. The van der Waals surface area contributed by atoms with Crippen molar-refractivity contribution in [1.82, 2.24) is 14.8 Å². The maximum absolute atomic E-state index is 11.8. The third kappa shape index (κ3) is 3.65. The van der Waals surface area contributed by atoms with Crippen molar-refractivity contribution in [3.63, 3.8) is 0 Å². The maximum Gasteiger partial charge on any atom is 0.318 e. The Morgan fingerprint density at radius 1 is 1.08 bits per heavy atom. The third-order valence-electron chi connectivity index (χ3n) is 4.23. The van der Waals surface area contributed by atoms with Gasteiger partial charge in [0, 0.05) is 5.56 Å². The molecule has 6 heteroatoms. The van der Waals surface area contributed by atoms with Crippen LogP contribution in [0.2, 0.25) is 0 Å². The molecule has 3 aromatic rings. The Labute approximate surface area is 157 Å². The molecule has 0 saturated heterocycles. The monoisotopic (exact) mass is 367 g/mol. The lowest BCUT2D eigenvalue weighted by molar-refractivity contribution is -0.139. The molecule has 0 saturated carbocycles. The van der Waals surface area contributed by atoms with Gasteiger partial charge in [-0.15, -0.1) is 10.2 Å². The minimum absolute atomic E-state index is 0.286. The van der Waals surface area contributed by atoms with Gasteiger partial charge in [0.25, 0.3) is 0 Å². The van der Waals surface area contributed by atoms with E-state index in [0.29, 0.717) is 5.16 Å². The Hall–Kier alpha value is -2.60. The highest BCUT2D eigenvalue weighted by Crippen LogP contribution is 2.31. The molecule has 0 radical (unpaired) electrons. The number of aryl methyl sites for hydroxylation is 2. The van der Waals surface area contributed by atoms with Gasteiger partial charge in [0.15, 0.2) is 11.0 Å². The van der Waals surface area contributed by atoms with Crippen LogP contribution >= 0.6 is 11.8 Å². The summed E-state index contributed by atoms with van der Waals surface area (Å²) in [4.78, 5) is 11.8. The number of benzene rings is 2. The summed E-state index contributed by atoms with van der Waals surface area (Å²) in [6, 6.07) is 16.1. The number of nitrogens with zero attached hydrogens (tertiary/aromatic N) is 3. The SMILES string of the molecule is COC(=O)[C@H](C)Sc1nnc(-c2ccccc2)n1-c1ccc(C)c(C)c1. The zero-order valence-corrected chi connectivity index (χ0v) is 16.1. The van der Waals surface area contributed by atoms with Gasteiger partial charge in [-0.3, -0.25) is 9.36 Å². The van der Waals surface area contributed by atoms with E-state index in [2.05, 4.69) is 36.2 Å². The van der Waals surface area contributed by atoms with Crippen LogP contribution in [0.3, 0.4) is 0 Å². The zero-order valence-electron chi connectivity index (χ0n) is 15.3. The van der Waals surface area contributed by atoms with Crippen LogP contribution in [0.15, 0.2) is 53.7 Å². The number of thioether (sulfide) groups is 1. The smallest absolute Gasteiger partial charge is 0.318 e. The molecule has 0 aliphatic rings. The molecule has 0 fully saturated rings. The number of carbonyl (C=O) groups is 1. The molecule has 0 N–H and O–H groups in total. The fraction of sp³-hybridized carbons (Fsp3) is 0.250. The van der Waals surface area contributed by atoms with E-state index in [1.807, 2.05) is 41.0 Å². The molecule has 0 aliphatic heterocycles. The molecular weight excluding hydrogens is 346 g/mol. The van der Waals surface area contributed by atoms with Gasteiger partial charge in [-0.1, -0.05) is 48.2 Å². The Kier molecular flexibility index (Phi) is 5.42. The molecule has 1 heterocycles. The Bertz CT molecular complexity index is 922. The number of carbonyl (C=O) groups excluding carboxylic acids is 1. The number of rotatable bonds is 5. The highest BCUT2D eigenvalue weighted by Gasteiger charge is 2.22. The normalized spacial score (nSPS) is 12.0. The van der Waals surface area contributed by atoms with E-state index >= 15 is 0 Å². The molecular formula is C20H21N3O2S. The average molecular weight is 367 g/mol. The van der Waals surface area contributed by atoms with Crippen LogP contribution in [0.5, 0.6) is 0 Å². The second kappa shape index (κ2) is 7.74. The van der Waals surface area contributed by atoms with Crippen molar-refractivity contribution >= 4 is 17.7 Å². The maximum atomic E-state index is 11.8. The van der Waals surface area contributed by atoms with E-state index in [9.17, 15) is 4.79 Å². The first-order valence-electron chi connectivity index (χ1n) is 8.34. The van der Waals surface area contributed by atoms with Crippen LogP contribution in [0.25, 0.3) is 17.1 Å². The second-order valence-corrected chi connectivity index (χ2v) is 7.37. The van der Waals surface area contributed by atoms with Crippen LogP contribution in [0.1, 0.15) is 18.1 Å². The van der Waals surface area contributed by atoms with E-state index in [-0.39, 0.29) is 11.2 Å². The fourth-order valence-corrected chi connectivity index (χ4v) is 3.48. The van der Waals surface area contributed by atoms with Gasteiger partial charge < -0.3 is 4.74 Å². The molecule has 2 aromatic carbocycles. The van der Waals surface area contributed by atoms with Crippen molar-refractivity contribution in [2.75, 3.05) is 7.11 Å². The Morgan fingerprint density at radius 2 is 1.81 bits per heavy atom. The van der Waals surface area contributed by atoms with Gasteiger partial charge in [0.1, 0.15) is 5.25 Å². The van der Waals surface area contributed by atoms with Crippen molar-refractivity contribution in [3.05, 3.63) is 59.7 Å². The first-order chi connectivity index (χ1) is 12.5. The van der Waals surface area contributed by atoms with Gasteiger partial charge in [0.2, 0.25) is 0 Å². The number of esters is 1. The Morgan fingerprint density at radius 3 is 2.46 bits per heavy atom. The van der Waals surface area contributed by atoms with E-state index in [1.165, 1.54) is 30.0 Å². The minimum Gasteiger partial charge on any atom is -0.468 e. The molecule has 26 heavy (non-hydrogen) atoms. The van der Waals surface area contributed by atoms with E-state index in [4.69, 9.17) is 4.74 Å². The molecule has 0 bridgehead atoms. The lowest BCUT2D eigenvalue weighted by atomic mass is 10.1. The van der Waals surface area contributed by atoms with E-state index in [0.717, 1.165) is 17.1 Å². The number of ether oxygens (including phenoxy) is 1. The molecule has 1 atom stereocenters. The summed E-state index contributed by atoms with van der Waals surface area (Å²) in [7, 11) is 1.39. The summed E-state index contributed by atoms with van der Waals surface area (Å²) >= 11 is 1.34. The number of hydrogen-bond donors (Lipinski definition) is 0. The minimum atomic E-state index is -0.377. The molecule has 0 unspecified atom stereocenters. The summed E-state index contributed by atoms with van der Waals surface area (Å²) in [5, 5.41) is 9.02. The van der Waals surface area contributed by atoms with Crippen molar-refractivity contribution in [2.24, 2.45) is 0 Å². The largest absolute Gasteiger partial charge is 0.468 e. The molecule has 5 nitrogen and oxygen atoms in total. The predicted octanol–water partition coefficient (Wildman–Crippen LogP) is 4.20. The fourth-order valence-electron chi connectivity index (χ4n) is 2.59. The van der Waals surface area contributed by atoms with E-state index in [1.54, 1.807) is 6.92 Å². The van der Waals surface area contributed by atoms with Crippen molar-refractivity contribution < 1.29 is 9.53 Å². The molecule has 0 amide bonds. The summed E-state index contributed by atoms with van der Waals surface area (Å²) < 4.78 is 6.83. The van der Waals surface area contributed by atoms with Gasteiger partial charge in [0.05, 0.1) is 12.8 Å². The van der Waals surface area contributed by atoms with Crippen LogP contribution in [0, 0.1) is 13.8 Å². The first kappa shape index (κ1) is 18.2. The molecule has 134 valence electrons. The topological polar surface area (TPSA) is 57.0 Å². The standard InChI is InChI=1S/C20H21N3O2S/c1-13-10-11-17(12-14(13)2)23-18(16-8-6-5-7-9-16)21-22-20(23)26-15(3)19(24)25-4/h5-12,15H,1-4H3/t15-/m0/s1. The van der Waals surface area contributed by atoms with E-state index < -0.39 is 0 Å². The van der Waals surface area contributed by atoms with Crippen LogP contribution in [-0.2, 0) is 9.53 Å². The first-order valence-corrected chi connectivity index (χ1v) is 9.22. The lowest BCUT2D eigenvalue weighted by Crippen LogP contribution is -2.15. The molecule has 1 aromatic heterocycles. The van der Waals surface area contributed by atoms with Crippen LogP contribution in [-0.4, -0.2) is 33.1 Å². The highest BCUT2D eigenvalue weighted by atomic mass is 32.2. The second-order valence-electron chi connectivity index (χ2n) is 6.06. The molecule has 0 aliphatic carbocycles. The highest BCUT2D eigenvalue weighted by molar-refractivity contribution is 8.00. The van der Waals surface area contributed by atoms with Gasteiger partial charge in [-0.25, -0.2) is 0 Å². The number of methoxy groups -OCH3 is 1. The summed E-state index contributed by atoms with van der Waals surface area (Å²) in [5.74, 6) is 0.458. The predicted molar refractivity (Wildman–Crippen MR) is 104 cm³/mol. The molecule has 3 rings (SSSR count). The lowest BCUT2D eigenvalue weighted by Gasteiger charge is -2.14. The van der Waals surface area contributed by atoms with Crippen molar-refractivity contribution in [3.8, 4) is 17.1 Å².